The number of anilines is 1. The number of hydrogen-bond acceptors (Lipinski definition) is 1. The van der Waals surface area contributed by atoms with E-state index >= 15 is 0 Å². The van der Waals surface area contributed by atoms with Gasteiger partial charge in [-0.3, -0.25) is 0 Å². The van der Waals surface area contributed by atoms with E-state index in [1.54, 1.807) is 0 Å². The Morgan fingerprint density at radius 2 is 1.73 bits per heavy atom. The molecule has 0 saturated carbocycles. The summed E-state index contributed by atoms with van der Waals surface area (Å²) < 4.78 is 2.15. The molecule has 0 atom stereocenters. The van der Waals surface area contributed by atoms with Crippen molar-refractivity contribution in [3.05, 3.63) is 77.6 Å². The fraction of sp³-hybridized carbons (Fsp3) is 0.150. The number of rotatable bonds is 3. The minimum absolute atomic E-state index is 1.20. The number of aromatic nitrogens is 1. The largest absolute Gasteiger partial charge is 0.378 e. The first-order valence-corrected chi connectivity index (χ1v) is 7.49. The second-order valence-electron chi connectivity index (χ2n) is 5.76. The van der Waals surface area contributed by atoms with E-state index in [1.165, 1.54) is 27.9 Å². The molecule has 1 aromatic carbocycles. The van der Waals surface area contributed by atoms with Gasteiger partial charge in [0.05, 0.1) is 0 Å². The molecule has 3 aromatic rings. The van der Waals surface area contributed by atoms with Crippen LogP contribution in [-0.2, 0) is 0 Å². The summed E-state index contributed by atoms with van der Waals surface area (Å²) >= 11 is 0. The lowest BCUT2D eigenvalue weighted by Gasteiger charge is -2.11. The van der Waals surface area contributed by atoms with Gasteiger partial charge < -0.3 is 4.90 Å². The standard InChI is InChI=1S/C20H21N2/c1-16-15-22-13-5-4-6-20(22)14-18(16)10-7-17-8-11-19(12-9-17)21(2)3/h4-15H,1-3H3/q+1. The van der Waals surface area contributed by atoms with Crippen LogP contribution < -0.4 is 9.30 Å². The van der Waals surface area contributed by atoms with Crippen molar-refractivity contribution in [2.75, 3.05) is 19.0 Å². The molecule has 2 nitrogen and oxygen atoms in total. The van der Waals surface area contributed by atoms with E-state index in [9.17, 15) is 0 Å². The summed E-state index contributed by atoms with van der Waals surface area (Å²) in [6.07, 6.45) is 8.61. The molecule has 2 heterocycles. The Labute approximate surface area is 132 Å². The molecule has 22 heavy (non-hydrogen) atoms. The third kappa shape index (κ3) is 3.01. The Hall–Kier alpha value is -2.61. The molecule has 0 aliphatic rings. The molecule has 3 rings (SSSR count). The molecule has 2 aromatic heterocycles. The highest BCUT2D eigenvalue weighted by molar-refractivity contribution is 5.73. The first-order chi connectivity index (χ1) is 10.6. The van der Waals surface area contributed by atoms with Crippen LogP contribution in [0.3, 0.4) is 0 Å². The van der Waals surface area contributed by atoms with Crippen molar-refractivity contribution in [1.82, 2.24) is 0 Å². The van der Waals surface area contributed by atoms with E-state index in [0.29, 0.717) is 0 Å². The lowest BCUT2D eigenvalue weighted by Crippen LogP contribution is -2.21. The Balaban J connectivity index is 1.90. The van der Waals surface area contributed by atoms with Crippen LogP contribution in [-0.4, -0.2) is 14.1 Å². The number of nitrogens with zero attached hydrogens (tertiary/aromatic N) is 2. The highest BCUT2D eigenvalue weighted by Gasteiger charge is 2.05. The van der Waals surface area contributed by atoms with Gasteiger partial charge in [-0.15, -0.1) is 0 Å². The van der Waals surface area contributed by atoms with Crippen LogP contribution in [0, 0.1) is 6.92 Å². The van der Waals surface area contributed by atoms with E-state index in [1.807, 2.05) is 6.07 Å². The van der Waals surface area contributed by atoms with Gasteiger partial charge in [-0.05, 0) is 36.2 Å². The van der Waals surface area contributed by atoms with Crippen molar-refractivity contribution >= 4 is 23.4 Å². The van der Waals surface area contributed by atoms with Crippen molar-refractivity contribution in [1.29, 1.82) is 0 Å². The van der Waals surface area contributed by atoms with Crippen LogP contribution in [0.5, 0.6) is 0 Å². The number of hydrogen-bond donors (Lipinski definition) is 0. The third-order valence-corrected chi connectivity index (χ3v) is 3.88. The molecule has 0 amide bonds. The normalized spacial score (nSPS) is 11.2. The number of pyridine rings is 2. The minimum atomic E-state index is 1.20. The van der Waals surface area contributed by atoms with Crippen LogP contribution in [0.15, 0.2) is 60.9 Å². The van der Waals surface area contributed by atoms with E-state index < -0.39 is 0 Å². The Bertz CT molecular complexity index is 815. The molecule has 0 unspecified atom stereocenters. The van der Waals surface area contributed by atoms with Crippen molar-refractivity contribution in [3.63, 3.8) is 0 Å². The topological polar surface area (TPSA) is 7.34 Å². The molecule has 0 N–H and O–H groups in total. The molecule has 0 bridgehead atoms. The van der Waals surface area contributed by atoms with Gasteiger partial charge in [0.15, 0.2) is 12.4 Å². The van der Waals surface area contributed by atoms with E-state index in [-0.39, 0.29) is 0 Å². The third-order valence-electron chi connectivity index (χ3n) is 3.88. The fourth-order valence-electron chi connectivity index (χ4n) is 2.51. The molecule has 0 saturated heterocycles. The van der Waals surface area contributed by atoms with Crippen LogP contribution in [0.25, 0.3) is 17.7 Å². The van der Waals surface area contributed by atoms with E-state index in [0.717, 1.165) is 0 Å². The number of fused-ring (bicyclic) bond motifs is 1. The average molecular weight is 289 g/mol. The molecule has 0 aliphatic heterocycles. The Morgan fingerprint density at radius 3 is 2.45 bits per heavy atom. The predicted molar refractivity (Wildman–Crippen MR) is 94.0 cm³/mol. The van der Waals surface area contributed by atoms with Gasteiger partial charge in [0, 0.05) is 43.5 Å². The van der Waals surface area contributed by atoms with Crippen LogP contribution in [0.2, 0.25) is 0 Å². The number of benzene rings is 1. The first-order valence-electron chi connectivity index (χ1n) is 7.49. The fourth-order valence-corrected chi connectivity index (χ4v) is 2.51. The molecule has 0 spiro atoms. The van der Waals surface area contributed by atoms with Gasteiger partial charge in [-0.25, -0.2) is 0 Å². The number of aryl methyl sites for hydroxylation is 1. The summed E-state index contributed by atoms with van der Waals surface area (Å²) in [5.74, 6) is 0. The first kappa shape index (κ1) is 14.3. The zero-order valence-corrected chi connectivity index (χ0v) is 13.3. The zero-order valence-electron chi connectivity index (χ0n) is 13.3. The quantitative estimate of drug-likeness (QED) is 0.662. The maximum atomic E-state index is 2.22. The van der Waals surface area contributed by atoms with Gasteiger partial charge in [0.1, 0.15) is 0 Å². The Morgan fingerprint density at radius 1 is 0.955 bits per heavy atom. The average Bonchev–Trinajstić information content (AvgIpc) is 2.53. The van der Waals surface area contributed by atoms with E-state index in [2.05, 4.69) is 97.3 Å². The molecular weight excluding hydrogens is 268 g/mol. The summed E-state index contributed by atoms with van der Waals surface area (Å²) in [4.78, 5) is 2.11. The second kappa shape index (κ2) is 6.02. The van der Waals surface area contributed by atoms with Crippen molar-refractivity contribution in [2.24, 2.45) is 0 Å². The van der Waals surface area contributed by atoms with Gasteiger partial charge >= 0.3 is 0 Å². The minimum Gasteiger partial charge on any atom is -0.378 e. The van der Waals surface area contributed by atoms with Crippen molar-refractivity contribution < 1.29 is 4.40 Å². The lowest BCUT2D eigenvalue weighted by molar-refractivity contribution is -0.512. The van der Waals surface area contributed by atoms with Crippen LogP contribution in [0.1, 0.15) is 16.7 Å². The predicted octanol–water partition coefficient (Wildman–Crippen LogP) is 3.97. The summed E-state index contributed by atoms with van der Waals surface area (Å²) in [6, 6.07) is 17.1. The molecule has 0 fully saturated rings. The zero-order chi connectivity index (χ0) is 15.5. The van der Waals surface area contributed by atoms with Crippen LogP contribution >= 0.6 is 0 Å². The van der Waals surface area contributed by atoms with Crippen molar-refractivity contribution in [2.45, 2.75) is 6.92 Å². The highest BCUT2D eigenvalue weighted by atomic mass is 15.1. The van der Waals surface area contributed by atoms with Gasteiger partial charge in [0.2, 0.25) is 5.52 Å². The van der Waals surface area contributed by atoms with Crippen LogP contribution in [0.4, 0.5) is 5.69 Å². The highest BCUT2D eigenvalue weighted by Crippen LogP contribution is 2.16. The lowest BCUT2D eigenvalue weighted by atomic mass is 10.1. The van der Waals surface area contributed by atoms with Crippen molar-refractivity contribution in [3.8, 4) is 0 Å². The monoisotopic (exact) mass is 289 g/mol. The molecule has 2 heteroatoms. The maximum Gasteiger partial charge on any atom is 0.211 e. The summed E-state index contributed by atoms with van der Waals surface area (Å²) in [7, 11) is 4.11. The molecule has 110 valence electrons. The second-order valence-corrected chi connectivity index (χ2v) is 5.76. The van der Waals surface area contributed by atoms with Gasteiger partial charge in [-0.1, -0.05) is 24.3 Å². The maximum absolute atomic E-state index is 2.22. The summed E-state index contributed by atoms with van der Waals surface area (Å²) in [5.41, 5.74) is 6.16. The molecule has 0 radical (unpaired) electrons. The smallest absolute Gasteiger partial charge is 0.211 e. The summed E-state index contributed by atoms with van der Waals surface area (Å²) in [6.45, 7) is 2.15. The molecular formula is C20H21N2+. The summed E-state index contributed by atoms with van der Waals surface area (Å²) in [5, 5.41) is 0. The van der Waals surface area contributed by atoms with Gasteiger partial charge in [0.25, 0.3) is 0 Å². The molecule has 0 aliphatic carbocycles. The SMILES string of the molecule is Cc1c[n+]2ccccc2cc1/C=C/c1ccc(N(C)C)cc1. The van der Waals surface area contributed by atoms with Gasteiger partial charge in [-0.2, -0.15) is 4.40 Å². The Kier molecular flexibility index (Phi) is 3.92. The van der Waals surface area contributed by atoms with E-state index in [4.69, 9.17) is 0 Å².